The van der Waals surface area contributed by atoms with Crippen LogP contribution in [-0.2, 0) is 9.59 Å². The molecule has 1 aliphatic heterocycles. The normalized spacial score (nSPS) is 13.9. The molecule has 0 unspecified atom stereocenters. The number of halogens is 12. The number of aliphatic carboxylic acids is 2. The summed E-state index contributed by atoms with van der Waals surface area (Å²) in [5.74, 6) is -17.4. The maximum absolute atomic E-state index is 13.3. The van der Waals surface area contributed by atoms with Crippen molar-refractivity contribution in [3.8, 4) is 0 Å². The number of guanidine groups is 1. The SMILES string of the molecule is Fc1cccc(Br)c1NC1=NCCN1.O=C(O)C(F)(F)C(F)(F)F.O=C(O)C(F)(F)C(F)(F)F. The lowest BCUT2D eigenvalue weighted by Crippen LogP contribution is -2.43. The van der Waals surface area contributed by atoms with Gasteiger partial charge in [-0.05, 0) is 28.1 Å². The predicted octanol–water partition coefficient (Wildman–Crippen LogP) is 4.50. The maximum atomic E-state index is 13.3. The van der Waals surface area contributed by atoms with Gasteiger partial charge in [-0.25, -0.2) is 14.0 Å². The molecule has 0 bridgehead atoms. The van der Waals surface area contributed by atoms with Crippen molar-refractivity contribution in [3.05, 3.63) is 28.5 Å². The molecule has 194 valence electrons. The molecule has 4 N–H and O–H groups in total. The van der Waals surface area contributed by atoms with E-state index in [0.717, 1.165) is 13.1 Å². The van der Waals surface area contributed by atoms with E-state index < -0.39 is 36.1 Å². The van der Waals surface area contributed by atoms with E-state index in [1.54, 1.807) is 12.1 Å². The molecule has 1 aromatic rings. The van der Waals surface area contributed by atoms with Crippen LogP contribution < -0.4 is 10.6 Å². The van der Waals surface area contributed by atoms with Crippen molar-refractivity contribution in [1.82, 2.24) is 5.32 Å². The molecule has 0 amide bonds. The number of carbonyl (C=O) groups is 2. The number of anilines is 1. The number of para-hydroxylation sites is 1. The first-order chi connectivity index (χ1) is 15.2. The van der Waals surface area contributed by atoms with E-state index in [4.69, 9.17) is 10.2 Å². The van der Waals surface area contributed by atoms with Crippen molar-refractivity contribution >= 4 is 39.5 Å². The van der Waals surface area contributed by atoms with Crippen LogP contribution in [0.25, 0.3) is 0 Å². The van der Waals surface area contributed by atoms with Crippen LogP contribution >= 0.6 is 15.9 Å². The van der Waals surface area contributed by atoms with Gasteiger partial charge in [0.1, 0.15) is 5.82 Å². The van der Waals surface area contributed by atoms with Crippen LogP contribution in [0.2, 0.25) is 0 Å². The topological polar surface area (TPSA) is 111 Å². The van der Waals surface area contributed by atoms with Gasteiger partial charge in [-0.1, -0.05) is 6.07 Å². The summed E-state index contributed by atoms with van der Waals surface area (Å²) in [5, 5.41) is 20.5. The Morgan fingerprint density at radius 2 is 1.35 bits per heavy atom. The van der Waals surface area contributed by atoms with Crippen molar-refractivity contribution in [2.45, 2.75) is 24.2 Å². The van der Waals surface area contributed by atoms with Gasteiger partial charge in [0.05, 0.1) is 12.2 Å². The molecule has 1 aromatic carbocycles. The van der Waals surface area contributed by atoms with E-state index in [1.807, 2.05) is 0 Å². The predicted molar refractivity (Wildman–Crippen MR) is 95.3 cm³/mol. The summed E-state index contributed by atoms with van der Waals surface area (Å²) in [4.78, 5) is 22.5. The molecule has 19 heteroatoms. The lowest BCUT2D eigenvalue weighted by atomic mass is 10.3. The summed E-state index contributed by atoms with van der Waals surface area (Å²) < 4.78 is 125. The van der Waals surface area contributed by atoms with Crippen LogP contribution in [0.3, 0.4) is 0 Å². The second-order valence-electron chi connectivity index (χ2n) is 5.63. The van der Waals surface area contributed by atoms with Gasteiger partial charge in [-0.3, -0.25) is 4.99 Å². The molecule has 1 aliphatic rings. The minimum absolute atomic E-state index is 0.296. The lowest BCUT2D eigenvalue weighted by Gasteiger charge is -2.13. The summed E-state index contributed by atoms with van der Waals surface area (Å²) in [6.07, 6.45) is -12.0. The fraction of sp³-hybridized carbons (Fsp3) is 0.400. The fourth-order valence-electron chi connectivity index (χ4n) is 1.46. The highest BCUT2D eigenvalue weighted by molar-refractivity contribution is 9.10. The largest absolute Gasteiger partial charge is 0.477 e. The van der Waals surface area contributed by atoms with Crippen LogP contribution in [0, 0.1) is 5.82 Å². The zero-order chi connectivity index (χ0) is 27.1. The molecular formula is C15H11BrF11N3O4. The Kier molecular flexibility index (Phi) is 10.5. The highest BCUT2D eigenvalue weighted by atomic mass is 79.9. The molecule has 0 aromatic heterocycles. The third kappa shape index (κ3) is 8.49. The molecule has 0 saturated heterocycles. The molecule has 0 spiro atoms. The first-order valence-corrected chi connectivity index (χ1v) is 8.80. The third-order valence-electron chi connectivity index (χ3n) is 3.13. The summed E-state index contributed by atoms with van der Waals surface area (Å²) >= 11 is 3.27. The highest BCUT2D eigenvalue weighted by Crippen LogP contribution is 2.36. The first kappa shape index (κ1) is 31.1. The molecule has 0 aliphatic carbocycles. The average Bonchev–Trinajstić information content (AvgIpc) is 3.17. The van der Waals surface area contributed by atoms with Crippen molar-refractivity contribution in [2.24, 2.45) is 4.99 Å². The van der Waals surface area contributed by atoms with Gasteiger partial charge in [0.2, 0.25) is 0 Å². The van der Waals surface area contributed by atoms with Gasteiger partial charge in [0.25, 0.3) is 0 Å². The van der Waals surface area contributed by atoms with Gasteiger partial charge >= 0.3 is 36.1 Å². The Morgan fingerprint density at radius 3 is 1.62 bits per heavy atom. The number of aliphatic imine (C=N–C) groups is 1. The molecule has 34 heavy (non-hydrogen) atoms. The molecule has 0 saturated carbocycles. The molecule has 7 nitrogen and oxygen atoms in total. The number of hydrogen-bond donors (Lipinski definition) is 4. The van der Waals surface area contributed by atoms with Crippen molar-refractivity contribution < 1.29 is 68.1 Å². The fourth-order valence-corrected chi connectivity index (χ4v) is 1.90. The monoisotopic (exact) mass is 585 g/mol. The minimum atomic E-state index is -6.02. The van der Waals surface area contributed by atoms with Crippen LogP contribution in [0.5, 0.6) is 0 Å². The van der Waals surface area contributed by atoms with Crippen LogP contribution in [0.4, 0.5) is 54.0 Å². The van der Waals surface area contributed by atoms with E-state index >= 15 is 0 Å². The van der Waals surface area contributed by atoms with Gasteiger partial charge in [-0.15, -0.1) is 0 Å². The highest BCUT2D eigenvalue weighted by Gasteiger charge is 2.64. The molecular weight excluding hydrogens is 575 g/mol. The van der Waals surface area contributed by atoms with Gasteiger partial charge in [0.15, 0.2) is 5.96 Å². The maximum Gasteiger partial charge on any atom is 0.465 e. The first-order valence-electron chi connectivity index (χ1n) is 8.01. The Hall–Kier alpha value is -2.86. The Balaban J connectivity index is 0.000000495. The Bertz CT molecular complexity index is 848. The van der Waals surface area contributed by atoms with Gasteiger partial charge in [0, 0.05) is 11.0 Å². The molecule has 0 fully saturated rings. The Morgan fingerprint density at radius 1 is 0.912 bits per heavy atom. The number of carboxylic acids is 2. The van der Waals surface area contributed by atoms with E-state index in [2.05, 4.69) is 31.6 Å². The smallest absolute Gasteiger partial charge is 0.465 e. The molecule has 0 atom stereocenters. The second kappa shape index (κ2) is 11.5. The number of nitrogens with one attached hydrogen (secondary N) is 2. The van der Waals surface area contributed by atoms with Crippen LogP contribution in [-0.4, -0.2) is 65.4 Å². The van der Waals surface area contributed by atoms with Gasteiger partial charge < -0.3 is 20.8 Å². The third-order valence-corrected chi connectivity index (χ3v) is 3.79. The lowest BCUT2D eigenvalue weighted by molar-refractivity contribution is -0.278. The molecule has 2 rings (SSSR count). The van der Waals surface area contributed by atoms with E-state index in [9.17, 15) is 57.9 Å². The summed E-state index contributed by atoms with van der Waals surface area (Å²) in [5.41, 5.74) is 0.417. The minimum Gasteiger partial charge on any atom is -0.477 e. The number of nitrogens with zero attached hydrogens (tertiary/aromatic N) is 1. The summed E-state index contributed by atoms with van der Waals surface area (Å²) in [7, 11) is 0. The van der Waals surface area contributed by atoms with Gasteiger partial charge in [-0.2, -0.15) is 43.9 Å². The number of carboxylic acid groups (broad SMARTS) is 2. The molecule has 1 heterocycles. The molecule has 0 radical (unpaired) electrons. The van der Waals surface area contributed by atoms with Crippen LogP contribution in [0.1, 0.15) is 0 Å². The van der Waals surface area contributed by atoms with E-state index in [-0.39, 0.29) is 5.82 Å². The zero-order valence-electron chi connectivity index (χ0n) is 15.8. The Labute approximate surface area is 189 Å². The summed E-state index contributed by atoms with van der Waals surface area (Å²) in [6, 6.07) is 4.83. The van der Waals surface area contributed by atoms with E-state index in [0.29, 0.717) is 16.1 Å². The van der Waals surface area contributed by atoms with Crippen LogP contribution in [0.15, 0.2) is 27.7 Å². The second-order valence-corrected chi connectivity index (χ2v) is 6.49. The van der Waals surface area contributed by atoms with Crippen molar-refractivity contribution in [1.29, 1.82) is 0 Å². The number of benzene rings is 1. The summed E-state index contributed by atoms with van der Waals surface area (Å²) in [6.45, 7) is 1.53. The number of rotatable bonds is 3. The standard InChI is InChI=1S/C9H9BrFN3.2C3HF5O2/c10-6-2-1-3-7(11)8(6)14-9-12-4-5-13-9;2*4-2(5,1(9)10)3(6,7)8/h1-3H,4-5H2,(H2,12,13,14);2*(H,9,10). The van der Waals surface area contributed by atoms with E-state index in [1.165, 1.54) is 6.07 Å². The number of alkyl halides is 10. The van der Waals surface area contributed by atoms with Crippen molar-refractivity contribution in [3.63, 3.8) is 0 Å². The average molecular weight is 586 g/mol. The zero-order valence-corrected chi connectivity index (χ0v) is 17.4. The van der Waals surface area contributed by atoms with Crippen molar-refractivity contribution in [2.75, 3.05) is 18.4 Å². The quantitative estimate of drug-likeness (QED) is 0.389. The number of hydrogen-bond acceptors (Lipinski definition) is 5.